The molecule has 4 amide bonds. The van der Waals surface area contributed by atoms with Gasteiger partial charge in [-0.15, -0.1) is 0 Å². The maximum atomic E-state index is 13.3. The maximum absolute atomic E-state index is 13.3. The summed E-state index contributed by atoms with van der Waals surface area (Å²) in [5, 5.41) is 15.9. The van der Waals surface area contributed by atoms with E-state index in [1.807, 2.05) is 0 Å². The molecule has 1 aliphatic carbocycles. The third kappa shape index (κ3) is 5.41. The number of anilines is 1. The summed E-state index contributed by atoms with van der Waals surface area (Å²) in [5.41, 5.74) is 0.573. The minimum Gasteiger partial charge on any atom is -0.497 e. The number of hydrogen-bond donors (Lipinski definition) is 2. The van der Waals surface area contributed by atoms with Crippen LogP contribution >= 0.6 is 0 Å². The summed E-state index contributed by atoms with van der Waals surface area (Å²) in [6, 6.07) is 6.61. The van der Waals surface area contributed by atoms with E-state index in [1.54, 1.807) is 31.4 Å². The van der Waals surface area contributed by atoms with E-state index in [0.717, 1.165) is 25.7 Å². The fraction of sp³-hybridized carbons (Fsp3) is 0.571. The number of nitrogens with zero attached hydrogens (tertiary/aromatic N) is 3. The summed E-state index contributed by atoms with van der Waals surface area (Å²) in [4.78, 5) is 37.0. The quantitative estimate of drug-likeness (QED) is 0.384. The summed E-state index contributed by atoms with van der Waals surface area (Å²) in [6.07, 6.45) is 5.97. The standard InChI is InChI=1S/C21H30N4O5/c1-30-19-9-4-8-18(13-19)22-21(28)25-11-5-10-24(25)20(27)17(14-23(29)15-26)12-16-6-2-3-7-16/h4,8-9,13,15-17,29H,2-3,5-7,10-12,14H2,1H3,(H,22,28)/t17-/m1/s1. The van der Waals surface area contributed by atoms with Crippen molar-refractivity contribution in [2.24, 2.45) is 11.8 Å². The van der Waals surface area contributed by atoms with Gasteiger partial charge in [-0.2, -0.15) is 0 Å². The van der Waals surface area contributed by atoms with Gasteiger partial charge in [0, 0.05) is 24.8 Å². The number of nitrogens with one attached hydrogen (secondary N) is 1. The first-order chi connectivity index (χ1) is 14.5. The molecule has 0 bridgehead atoms. The highest BCUT2D eigenvalue weighted by atomic mass is 16.5. The van der Waals surface area contributed by atoms with Gasteiger partial charge in [0.05, 0.1) is 19.6 Å². The highest BCUT2D eigenvalue weighted by Gasteiger charge is 2.36. The lowest BCUT2D eigenvalue weighted by molar-refractivity contribution is -0.160. The molecule has 9 heteroatoms. The Morgan fingerprint density at radius 3 is 2.70 bits per heavy atom. The van der Waals surface area contributed by atoms with E-state index in [9.17, 15) is 19.6 Å². The Morgan fingerprint density at radius 1 is 1.27 bits per heavy atom. The van der Waals surface area contributed by atoms with Crippen LogP contribution in [0.15, 0.2) is 24.3 Å². The van der Waals surface area contributed by atoms with Gasteiger partial charge in [-0.25, -0.2) is 19.9 Å². The Bertz CT molecular complexity index is 753. The van der Waals surface area contributed by atoms with E-state index in [2.05, 4.69) is 5.32 Å². The number of hydrogen-bond acceptors (Lipinski definition) is 5. The molecule has 3 rings (SSSR count). The van der Waals surface area contributed by atoms with Crippen molar-refractivity contribution in [2.75, 3.05) is 32.1 Å². The Balaban J connectivity index is 1.69. The topological polar surface area (TPSA) is 102 Å². The Kier molecular flexibility index (Phi) is 7.51. The van der Waals surface area contributed by atoms with Crippen molar-refractivity contribution in [3.8, 4) is 5.75 Å². The van der Waals surface area contributed by atoms with E-state index >= 15 is 0 Å². The van der Waals surface area contributed by atoms with Crippen molar-refractivity contribution in [3.05, 3.63) is 24.3 Å². The zero-order valence-corrected chi connectivity index (χ0v) is 17.3. The monoisotopic (exact) mass is 418 g/mol. The van der Waals surface area contributed by atoms with Crippen LogP contribution in [0.25, 0.3) is 0 Å². The first-order valence-corrected chi connectivity index (χ1v) is 10.5. The Labute approximate surface area is 176 Å². The number of urea groups is 1. The minimum atomic E-state index is -0.548. The summed E-state index contributed by atoms with van der Waals surface area (Å²) in [7, 11) is 1.55. The maximum Gasteiger partial charge on any atom is 0.340 e. The first kappa shape index (κ1) is 21.9. The molecule has 2 aliphatic rings. The van der Waals surface area contributed by atoms with Crippen LogP contribution in [0.5, 0.6) is 5.75 Å². The van der Waals surface area contributed by atoms with Gasteiger partial charge in [0.15, 0.2) is 0 Å². The van der Waals surface area contributed by atoms with Gasteiger partial charge in [-0.3, -0.25) is 14.8 Å². The SMILES string of the molecule is COc1cccc(NC(=O)N2CCCN2C(=O)[C@H](CC2CCCC2)CN(O)C=O)c1. The lowest BCUT2D eigenvalue weighted by Gasteiger charge is -2.32. The second-order valence-corrected chi connectivity index (χ2v) is 7.91. The molecular formula is C21H30N4O5. The van der Waals surface area contributed by atoms with Crippen LogP contribution in [0, 0.1) is 11.8 Å². The molecule has 2 fully saturated rings. The number of hydrazine groups is 1. The second kappa shape index (κ2) is 10.3. The third-order valence-electron chi connectivity index (χ3n) is 5.81. The molecule has 0 aromatic heterocycles. The normalized spacial score (nSPS) is 17.7. The number of ether oxygens (including phenoxy) is 1. The summed E-state index contributed by atoms with van der Waals surface area (Å²) in [6.45, 7) is 0.785. The van der Waals surface area contributed by atoms with E-state index in [-0.39, 0.29) is 12.5 Å². The molecular weight excluding hydrogens is 388 g/mol. The fourth-order valence-electron chi connectivity index (χ4n) is 4.32. The predicted octanol–water partition coefficient (Wildman–Crippen LogP) is 2.72. The summed E-state index contributed by atoms with van der Waals surface area (Å²) >= 11 is 0. The van der Waals surface area contributed by atoms with Gasteiger partial charge in [0.25, 0.3) is 0 Å². The predicted molar refractivity (Wildman–Crippen MR) is 110 cm³/mol. The van der Waals surface area contributed by atoms with Crippen LogP contribution in [-0.4, -0.2) is 65.4 Å². The van der Waals surface area contributed by atoms with Crippen molar-refractivity contribution in [1.29, 1.82) is 0 Å². The fourth-order valence-corrected chi connectivity index (χ4v) is 4.32. The van der Waals surface area contributed by atoms with Crippen molar-refractivity contribution in [1.82, 2.24) is 15.1 Å². The van der Waals surface area contributed by atoms with Crippen LogP contribution in [0.3, 0.4) is 0 Å². The zero-order valence-electron chi connectivity index (χ0n) is 17.3. The van der Waals surface area contributed by atoms with Gasteiger partial charge < -0.3 is 10.1 Å². The first-order valence-electron chi connectivity index (χ1n) is 10.5. The van der Waals surface area contributed by atoms with Crippen LogP contribution in [0.2, 0.25) is 0 Å². The van der Waals surface area contributed by atoms with Gasteiger partial charge in [-0.1, -0.05) is 31.7 Å². The zero-order chi connectivity index (χ0) is 21.5. The molecule has 0 unspecified atom stereocenters. The molecule has 1 aromatic carbocycles. The highest BCUT2D eigenvalue weighted by molar-refractivity contribution is 5.92. The molecule has 1 saturated carbocycles. The number of rotatable bonds is 8. The average Bonchev–Trinajstić information content (AvgIpc) is 3.44. The molecule has 1 heterocycles. The van der Waals surface area contributed by atoms with Gasteiger partial charge in [-0.05, 0) is 30.9 Å². The lowest BCUT2D eigenvalue weighted by atomic mass is 9.92. The number of carbonyl (C=O) groups is 3. The number of benzene rings is 1. The van der Waals surface area contributed by atoms with E-state index in [1.165, 1.54) is 10.0 Å². The smallest absolute Gasteiger partial charge is 0.340 e. The highest BCUT2D eigenvalue weighted by Crippen LogP contribution is 2.32. The van der Waals surface area contributed by atoms with Crippen LogP contribution in [0.4, 0.5) is 10.5 Å². The number of methoxy groups -OCH3 is 1. The molecule has 9 nitrogen and oxygen atoms in total. The van der Waals surface area contributed by atoms with Crippen LogP contribution in [0.1, 0.15) is 38.5 Å². The number of hydroxylamine groups is 2. The van der Waals surface area contributed by atoms with Crippen LogP contribution in [-0.2, 0) is 9.59 Å². The average molecular weight is 418 g/mol. The molecule has 1 aliphatic heterocycles. The van der Waals surface area contributed by atoms with Crippen molar-refractivity contribution >= 4 is 24.0 Å². The summed E-state index contributed by atoms with van der Waals surface area (Å²) in [5.74, 6) is 0.242. The molecule has 0 radical (unpaired) electrons. The largest absolute Gasteiger partial charge is 0.497 e. The molecule has 2 N–H and O–H groups in total. The minimum absolute atomic E-state index is 0.0688. The van der Waals surface area contributed by atoms with Gasteiger partial charge >= 0.3 is 6.03 Å². The molecule has 0 spiro atoms. The number of carbonyl (C=O) groups excluding carboxylic acids is 3. The Morgan fingerprint density at radius 2 is 2.00 bits per heavy atom. The molecule has 30 heavy (non-hydrogen) atoms. The van der Waals surface area contributed by atoms with Gasteiger partial charge in [0.1, 0.15) is 5.75 Å². The van der Waals surface area contributed by atoms with Crippen molar-refractivity contribution in [2.45, 2.75) is 38.5 Å². The Hall–Kier alpha value is -2.81. The third-order valence-corrected chi connectivity index (χ3v) is 5.81. The van der Waals surface area contributed by atoms with Crippen molar-refractivity contribution in [3.63, 3.8) is 0 Å². The van der Waals surface area contributed by atoms with Gasteiger partial charge in [0.2, 0.25) is 12.3 Å². The summed E-state index contributed by atoms with van der Waals surface area (Å²) < 4.78 is 5.18. The molecule has 164 valence electrons. The van der Waals surface area contributed by atoms with Crippen molar-refractivity contribution < 1.29 is 24.3 Å². The van der Waals surface area contributed by atoms with E-state index < -0.39 is 11.9 Å². The van der Waals surface area contributed by atoms with Crippen LogP contribution < -0.4 is 10.1 Å². The van der Waals surface area contributed by atoms with E-state index in [4.69, 9.17) is 4.74 Å². The number of amides is 4. The second-order valence-electron chi connectivity index (χ2n) is 7.91. The lowest BCUT2D eigenvalue weighted by Crippen LogP contribution is -2.50. The molecule has 1 atom stereocenters. The molecule has 1 saturated heterocycles. The molecule has 1 aromatic rings. The van der Waals surface area contributed by atoms with E-state index in [0.29, 0.717) is 54.8 Å².